The van der Waals surface area contributed by atoms with Gasteiger partial charge >= 0.3 is 0 Å². The number of fused-ring (bicyclic) bond motifs is 1. The summed E-state index contributed by atoms with van der Waals surface area (Å²) in [6.07, 6.45) is 3.69. The van der Waals surface area contributed by atoms with Crippen molar-refractivity contribution in [2.75, 3.05) is 13.2 Å². The first kappa shape index (κ1) is 14.4. The van der Waals surface area contributed by atoms with E-state index in [1.165, 1.54) is 16.7 Å². The molecule has 4 heteroatoms. The van der Waals surface area contributed by atoms with Crippen molar-refractivity contribution in [3.63, 3.8) is 0 Å². The van der Waals surface area contributed by atoms with Gasteiger partial charge in [-0.15, -0.1) is 0 Å². The first-order valence-electron chi connectivity index (χ1n) is 7.90. The minimum atomic E-state index is 0.170. The molecule has 2 aliphatic rings. The number of carbonyl (C=O) groups excluding carboxylic acids is 1. The summed E-state index contributed by atoms with van der Waals surface area (Å²) in [5.74, 6) is 1.19. The van der Waals surface area contributed by atoms with E-state index in [2.05, 4.69) is 36.6 Å². The molecule has 21 heavy (non-hydrogen) atoms. The molecule has 0 radical (unpaired) electrons. The van der Waals surface area contributed by atoms with Crippen LogP contribution in [0.25, 0.3) is 0 Å². The van der Waals surface area contributed by atoms with Gasteiger partial charge in [0.1, 0.15) is 5.75 Å². The van der Waals surface area contributed by atoms with Gasteiger partial charge in [0.2, 0.25) is 5.91 Å². The number of nitrogens with one attached hydrogen (secondary N) is 2. The quantitative estimate of drug-likeness (QED) is 0.878. The van der Waals surface area contributed by atoms with Crippen LogP contribution in [-0.4, -0.2) is 25.1 Å². The van der Waals surface area contributed by atoms with Gasteiger partial charge in [0.15, 0.2) is 0 Å². The summed E-state index contributed by atoms with van der Waals surface area (Å²) in [5.41, 5.74) is 3.86. The van der Waals surface area contributed by atoms with Crippen molar-refractivity contribution < 1.29 is 9.53 Å². The SMILES string of the molecule is Cc1cc2c(cc1C)[C@H](N[C@H]1CCC(=O)NC1)CCCO2. The Labute approximate surface area is 126 Å². The summed E-state index contributed by atoms with van der Waals surface area (Å²) in [6.45, 7) is 5.80. The molecule has 1 amide bonds. The van der Waals surface area contributed by atoms with Gasteiger partial charge in [0.25, 0.3) is 0 Å². The van der Waals surface area contributed by atoms with Crippen LogP contribution >= 0.6 is 0 Å². The smallest absolute Gasteiger partial charge is 0.220 e. The topological polar surface area (TPSA) is 50.4 Å². The standard InChI is InChI=1S/C17H24N2O2/c1-11-8-14-15(19-13-5-6-17(20)18-10-13)4-3-7-21-16(14)9-12(11)2/h8-9,13,15,19H,3-7,10H2,1-2H3,(H,18,20)/t13-,15+/m0/s1. The van der Waals surface area contributed by atoms with Crippen LogP contribution in [0.15, 0.2) is 12.1 Å². The van der Waals surface area contributed by atoms with Gasteiger partial charge in [-0.3, -0.25) is 4.79 Å². The second-order valence-electron chi connectivity index (χ2n) is 6.22. The summed E-state index contributed by atoms with van der Waals surface area (Å²) in [7, 11) is 0. The van der Waals surface area contributed by atoms with Crippen molar-refractivity contribution in [3.05, 3.63) is 28.8 Å². The largest absolute Gasteiger partial charge is 0.493 e. The van der Waals surface area contributed by atoms with E-state index >= 15 is 0 Å². The average Bonchev–Trinajstić information content (AvgIpc) is 2.65. The highest BCUT2D eigenvalue weighted by molar-refractivity contribution is 5.76. The van der Waals surface area contributed by atoms with E-state index in [-0.39, 0.29) is 5.91 Å². The fraction of sp³-hybridized carbons (Fsp3) is 0.588. The molecule has 2 atom stereocenters. The molecule has 1 saturated heterocycles. The Morgan fingerprint density at radius 2 is 2.05 bits per heavy atom. The number of hydrogen-bond acceptors (Lipinski definition) is 3. The number of rotatable bonds is 2. The second kappa shape index (κ2) is 6.06. The van der Waals surface area contributed by atoms with Crippen molar-refractivity contribution in [2.45, 2.75) is 51.6 Å². The van der Waals surface area contributed by atoms with E-state index in [0.29, 0.717) is 18.5 Å². The molecule has 0 saturated carbocycles. The summed E-state index contributed by atoms with van der Waals surface area (Å²) in [6, 6.07) is 5.10. The Morgan fingerprint density at radius 3 is 2.81 bits per heavy atom. The van der Waals surface area contributed by atoms with Crippen molar-refractivity contribution in [1.82, 2.24) is 10.6 Å². The Balaban J connectivity index is 1.79. The van der Waals surface area contributed by atoms with E-state index in [9.17, 15) is 4.79 Å². The number of carbonyl (C=O) groups is 1. The van der Waals surface area contributed by atoms with E-state index < -0.39 is 0 Å². The van der Waals surface area contributed by atoms with Crippen molar-refractivity contribution in [2.24, 2.45) is 0 Å². The van der Waals surface area contributed by atoms with E-state index in [1.54, 1.807) is 0 Å². The Morgan fingerprint density at radius 1 is 1.24 bits per heavy atom. The molecular weight excluding hydrogens is 264 g/mol. The summed E-state index contributed by atoms with van der Waals surface area (Å²) < 4.78 is 5.91. The molecule has 114 valence electrons. The molecule has 2 heterocycles. The zero-order valence-corrected chi connectivity index (χ0v) is 12.9. The number of benzene rings is 1. The van der Waals surface area contributed by atoms with Gasteiger partial charge < -0.3 is 15.4 Å². The molecule has 0 spiro atoms. The maximum absolute atomic E-state index is 11.3. The minimum absolute atomic E-state index is 0.170. The van der Waals surface area contributed by atoms with Gasteiger partial charge in [0.05, 0.1) is 6.61 Å². The fourth-order valence-corrected chi connectivity index (χ4v) is 3.17. The maximum atomic E-state index is 11.3. The molecule has 1 aromatic rings. The molecule has 0 aliphatic carbocycles. The highest BCUT2D eigenvalue weighted by Gasteiger charge is 2.25. The lowest BCUT2D eigenvalue weighted by Gasteiger charge is -2.29. The Kier molecular flexibility index (Phi) is 4.15. The number of hydrogen-bond donors (Lipinski definition) is 2. The Bertz CT molecular complexity index is 532. The van der Waals surface area contributed by atoms with Crippen molar-refractivity contribution >= 4 is 5.91 Å². The van der Waals surface area contributed by atoms with Gasteiger partial charge in [-0.1, -0.05) is 6.07 Å². The van der Waals surface area contributed by atoms with Crippen molar-refractivity contribution in [3.8, 4) is 5.75 Å². The van der Waals surface area contributed by atoms with Gasteiger partial charge in [0, 0.05) is 30.6 Å². The molecule has 0 unspecified atom stereocenters. The first-order chi connectivity index (χ1) is 10.1. The van der Waals surface area contributed by atoms with E-state index in [0.717, 1.165) is 38.2 Å². The molecule has 1 fully saturated rings. The third-order valence-electron chi connectivity index (χ3n) is 4.60. The highest BCUT2D eigenvalue weighted by Crippen LogP contribution is 2.34. The molecule has 2 aliphatic heterocycles. The van der Waals surface area contributed by atoms with Crippen LogP contribution in [0.3, 0.4) is 0 Å². The number of piperidine rings is 1. The van der Waals surface area contributed by atoms with Crippen molar-refractivity contribution in [1.29, 1.82) is 0 Å². The van der Waals surface area contributed by atoms with Crippen LogP contribution in [0.4, 0.5) is 0 Å². The van der Waals surface area contributed by atoms with Crippen LogP contribution in [0, 0.1) is 13.8 Å². The first-order valence-corrected chi connectivity index (χ1v) is 7.90. The van der Waals surface area contributed by atoms with Crippen LogP contribution in [-0.2, 0) is 4.79 Å². The van der Waals surface area contributed by atoms with Crippen LogP contribution < -0.4 is 15.4 Å². The lowest BCUT2D eigenvalue weighted by molar-refractivity contribution is -0.122. The fourth-order valence-electron chi connectivity index (χ4n) is 3.17. The average molecular weight is 288 g/mol. The summed E-state index contributed by atoms with van der Waals surface area (Å²) in [4.78, 5) is 11.3. The molecule has 1 aromatic carbocycles. The zero-order chi connectivity index (χ0) is 14.8. The minimum Gasteiger partial charge on any atom is -0.493 e. The monoisotopic (exact) mass is 288 g/mol. The van der Waals surface area contributed by atoms with Crippen LogP contribution in [0.5, 0.6) is 5.75 Å². The van der Waals surface area contributed by atoms with Crippen LogP contribution in [0.1, 0.15) is 48.4 Å². The Hall–Kier alpha value is -1.55. The second-order valence-corrected chi connectivity index (χ2v) is 6.22. The third-order valence-corrected chi connectivity index (χ3v) is 4.60. The lowest BCUT2D eigenvalue weighted by Crippen LogP contribution is -2.46. The molecule has 4 nitrogen and oxygen atoms in total. The van der Waals surface area contributed by atoms with Gasteiger partial charge in [-0.2, -0.15) is 0 Å². The predicted octanol–water partition coefficient (Wildman–Crippen LogP) is 2.39. The normalized spacial score (nSPS) is 25.5. The zero-order valence-electron chi connectivity index (χ0n) is 12.9. The third kappa shape index (κ3) is 3.21. The van der Waals surface area contributed by atoms with E-state index in [1.807, 2.05) is 0 Å². The summed E-state index contributed by atoms with van der Waals surface area (Å²) >= 11 is 0. The van der Waals surface area contributed by atoms with Gasteiger partial charge in [-0.25, -0.2) is 0 Å². The lowest BCUT2D eigenvalue weighted by atomic mass is 9.95. The molecule has 0 bridgehead atoms. The predicted molar refractivity (Wildman–Crippen MR) is 82.6 cm³/mol. The number of ether oxygens (including phenoxy) is 1. The number of aryl methyl sites for hydroxylation is 2. The van der Waals surface area contributed by atoms with E-state index in [4.69, 9.17) is 4.74 Å². The maximum Gasteiger partial charge on any atom is 0.220 e. The molecule has 3 rings (SSSR count). The van der Waals surface area contributed by atoms with Gasteiger partial charge in [-0.05, 0) is 50.3 Å². The highest BCUT2D eigenvalue weighted by atomic mass is 16.5. The van der Waals surface area contributed by atoms with Crippen LogP contribution in [0.2, 0.25) is 0 Å². The molecular formula is C17H24N2O2. The number of amides is 1. The molecule has 2 N–H and O–H groups in total. The summed E-state index contributed by atoms with van der Waals surface area (Å²) in [5, 5.41) is 6.68. The molecule has 0 aromatic heterocycles.